The monoisotopic (exact) mass is 408 g/mol. The molecule has 1 N–H and O–H groups in total. The van der Waals surface area contributed by atoms with Crippen LogP contribution in [0, 0.1) is 0 Å². The molecule has 0 fully saturated rings. The van der Waals surface area contributed by atoms with Crippen LogP contribution in [-0.4, -0.2) is 24.0 Å². The lowest BCUT2D eigenvalue weighted by Crippen LogP contribution is -2.51. The van der Waals surface area contributed by atoms with Crippen LogP contribution in [0.25, 0.3) is 22.1 Å². The Hall–Kier alpha value is -3.61. The third-order valence-electron chi connectivity index (χ3n) is 4.66. The molecular formula is C23H22NO6-. The topological polar surface area (TPSA) is 109 Å². The maximum atomic E-state index is 12.3. The number of aliphatic carboxylic acids is 1. The Labute approximate surface area is 173 Å². The number of carbonyl (C=O) groups excluding carboxylic acids is 2. The quantitative estimate of drug-likeness (QED) is 0.573. The second-order valence-electron chi connectivity index (χ2n) is 6.93. The lowest BCUT2D eigenvalue weighted by Gasteiger charge is -2.22. The van der Waals surface area contributed by atoms with Crippen LogP contribution >= 0.6 is 0 Å². The number of rotatable bonds is 8. The number of benzene rings is 2. The van der Waals surface area contributed by atoms with E-state index in [-0.39, 0.29) is 6.42 Å². The van der Waals surface area contributed by atoms with Crippen molar-refractivity contribution in [1.29, 1.82) is 0 Å². The molecule has 0 spiro atoms. The molecule has 7 nitrogen and oxygen atoms in total. The van der Waals surface area contributed by atoms with Crippen LogP contribution in [0.2, 0.25) is 0 Å². The third kappa shape index (κ3) is 4.86. The average Bonchev–Trinajstić information content (AvgIpc) is 2.73. The molecule has 0 aliphatic rings. The first-order valence-electron chi connectivity index (χ1n) is 9.70. The van der Waals surface area contributed by atoms with Gasteiger partial charge in [0.15, 0.2) is 6.10 Å². The van der Waals surface area contributed by atoms with E-state index >= 15 is 0 Å². The normalized spacial score (nSPS) is 12.9. The standard InChI is InChI=1S/C23H23NO6/c1-3-7-19(23(27)28)24-22(26)14(2)29-16-10-11-17-18(15-8-5-4-6-9-15)13-21(25)30-20(17)12-16/h4-6,8-14,19H,3,7H2,1-2H3,(H,24,26)(H,27,28)/p-1. The van der Waals surface area contributed by atoms with Gasteiger partial charge in [0.1, 0.15) is 11.3 Å². The summed E-state index contributed by atoms with van der Waals surface area (Å²) >= 11 is 0. The highest BCUT2D eigenvalue weighted by Gasteiger charge is 2.20. The van der Waals surface area contributed by atoms with E-state index in [1.54, 1.807) is 12.1 Å². The van der Waals surface area contributed by atoms with Crippen molar-refractivity contribution in [2.75, 3.05) is 0 Å². The van der Waals surface area contributed by atoms with Gasteiger partial charge in [0.25, 0.3) is 5.91 Å². The summed E-state index contributed by atoms with van der Waals surface area (Å²) in [5, 5.41) is 14.3. The van der Waals surface area contributed by atoms with Gasteiger partial charge < -0.3 is 24.4 Å². The fourth-order valence-corrected chi connectivity index (χ4v) is 3.16. The molecular weight excluding hydrogens is 386 g/mol. The first kappa shape index (κ1) is 21.1. The third-order valence-corrected chi connectivity index (χ3v) is 4.66. The van der Waals surface area contributed by atoms with Crippen LogP contribution in [0.3, 0.4) is 0 Å². The van der Waals surface area contributed by atoms with Gasteiger partial charge in [-0.15, -0.1) is 0 Å². The van der Waals surface area contributed by atoms with Crippen LogP contribution < -0.4 is 20.8 Å². The molecule has 0 saturated heterocycles. The molecule has 0 saturated carbocycles. The van der Waals surface area contributed by atoms with Crippen LogP contribution in [0.5, 0.6) is 5.75 Å². The van der Waals surface area contributed by atoms with Gasteiger partial charge in [-0.05, 0) is 36.6 Å². The van der Waals surface area contributed by atoms with E-state index in [2.05, 4.69) is 5.32 Å². The number of nitrogens with one attached hydrogen (secondary N) is 1. The fraction of sp³-hybridized carbons (Fsp3) is 0.261. The Balaban J connectivity index is 1.83. The molecule has 1 aromatic heterocycles. The zero-order valence-electron chi connectivity index (χ0n) is 16.7. The SMILES string of the molecule is CCCC(NC(=O)C(C)Oc1ccc2c(-c3ccccc3)cc(=O)oc2c1)C(=O)[O-]. The first-order chi connectivity index (χ1) is 14.4. The molecule has 0 aliphatic heterocycles. The van der Waals surface area contributed by atoms with Gasteiger partial charge in [-0.25, -0.2) is 4.79 Å². The van der Waals surface area contributed by atoms with Crippen molar-refractivity contribution in [3.8, 4) is 16.9 Å². The van der Waals surface area contributed by atoms with E-state index in [0.717, 1.165) is 16.5 Å². The number of hydrogen-bond acceptors (Lipinski definition) is 6. The average molecular weight is 408 g/mol. The van der Waals surface area contributed by atoms with Crippen molar-refractivity contribution in [3.63, 3.8) is 0 Å². The fourth-order valence-electron chi connectivity index (χ4n) is 3.16. The molecule has 3 aromatic rings. The molecule has 3 rings (SSSR count). The van der Waals surface area contributed by atoms with Crippen molar-refractivity contribution < 1.29 is 23.8 Å². The maximum Gasteiger partial charge on any atom is 0.336 e. The number of carboxylic acid groups (broad SMARTS) is 1. The Morgan fingerprint density at radius 1 is 1.13 bits per heavy atom. The van der Waals surface area contributed by atoms with Crippen molar-refractivity contribution in [1.82, 2.24) is 5.32 Å². The summed E-state index contributed by atoms with van der Waals surface area (Å²) in [6, 6.07) is 14.8. The van der Waals surface area contributed by atoms with Gasteiger partial charge in [0, 0.05) is 17.5 Å². The molecule has 1 heterocycles. The Morgan fingerprint density at radius 2 is 1.87 bits per heavy atom. The molecule has 2 unspecified atom stereocenters. The van der Waals surface area contributed by atoms with Crippen molar-refractivity contribution >= 4 is 22.8 Å². The number of fused-ring (bicyclic) bond motifs is 1. The maximum absolute atomic E-state index is 12.3. The van der Waals surface area contributed by atoms with Gasteiger partial charge in [0.05, 0.1) is 12.0 Å². The van der Waals surface area contributed by atoms with Gasteiger partial charge in [-0.3, -0.25) is 4.79 Å². The predicted molar refractivity (Wildman–Crippen MR) is 110 cm³/mol. The minimum Gasteiger partial charge on any atom is -0.548 e. The molecule has 0 bridgehead atoms. The zero-order chi connectivity index (χ0) is 21.7. The summed E-state index contributed by atoms with van der Waals surface area (Å²) in [6.07, 6.45) is -0.101. The number of hydrogen-bond donors (Lipinski definition) is 1. The highest BCUT2D eigenvalue weighted by Crippen LogP contribution is 2.29. The number of amides is 1. The second-order valence-corrected chi connectivity index (χ2v) is 6.93. The summed E-state index contributed by atoms with van der Waals surface area (Å²) < 4.78 is 11.0. The van der Waals surface area contributed by atoms with Crippen molar-refractivity contribution in [2.45, 2.75) is 38.8 Å². The summed E-state index contributed by atoms with van der Waals surface area (Å²) in [6.45, 7) is 3.32. The van der Waals surface area contributed by atoms with E-state index in [0.29, 0.717) is 17.8 Å². The highest BCUT2D eigenvalue weighted by molar-refractivity contribution is 5.93. The van der Waals surface area contributed by atoms with E-state index in [9.17, 15) is 19.5 Å². The molecule has 2 aromatic carbocycles. The van der Waals surface area contributed by atoms with Crippen LogP contribution in [0.4, 0.5) is 0 Å². The Bertz CT molecular complexity index is 1110. The highest BCUT2D eigenvalue weighted by atomic mass is 16.5. The van der Waals surface area contributed by atoms with Crippen LogP contribution in [0.15, 0.2) is 63.8 Å². The molecule has 156 valence electrons. The molecule has 0 aliphatic carbocycles. The first-order valence-corrected chi connectivity index (χ1v) is 9.70. The number of carbonyl (C=O) groups is 2. The molecule has 30 heavy (non-hydrogen) atoms. The summed E-state index contributed by atoms with van der Waals surface area (Å²) in [4.78, 5) is 35.5. The van der Waals surface area contributed by atoms with Crippen LogP contribution in [0.1, 0.15) is 26.7 Å². The van der Waals surface area contributed by atoms with Crippen molar-refractivity contribution in [3.05, 3.63) is 65.0 Å². The minimum atomic E-state index is -1.33. The van der Waals surface area contributed by atoms with Gasteiger partial charge in [-0.1, -0.05) is 43.7 Å². The summed E-state index contributed by atoms with van der Waals surface area (Å²) in [5.41, 5.74) is 1.43. The smallest absolute Gasteiger partial charge is 0.336 e. The largest absolute Gasteiger partial charge is 0.548 e. The second kappa shape index (κ2) is 9.26. The Morgan fingerprint density at radius 3 is 2.53 bits per heavy atom. The van der Waals surface area contributed by atoms with Crippen molar-refractivity contribution in [2.24, 2.45) is 0 Å². The lowest BCUT2D eigenvalue weighted by atomic mass is 10.0. The van der Waals surface area contributed by atoms with Gasteiger partial charge >= 0.3 is 5.63 Å². The Kier molecular flexibility index (Phi) is 6.51. The van der Waals surface area contributed by atoms with Crippen LogP contribution in [-0.2, 0) is 9.59 Å². The number of carboxylic acids is 1. The summed E-state index contributed by atoms with van der Waals surface area (Å²) in [5.74, 6) is -1.59. The van der Waals surface area contributed by atoms with E-state index < -0.39 is 29.6 Å². The number of ether oxygens (including phenoxy) is 1. The van der Waals surface area contributed by atoms with Gasteiger partial charge in [-0.2, -0.15) is 0 Å². The van der Waals surface area contributed by atoms with Gasteiger partial charge in [0.2, 0.25) is 0 Å². The minimum absolute atomic E-state index is 0.268. The molecule has 2 atom stereocenters. The lowest BCUT2D eigenvalue weighted by molar-refractivity contribution is -0.308. The molecule has 7 heteroatoms. The molecule has 1 amide bonds. The molecule has 0 radical (unpaired) electrons. The van der Waals surface area contributed by atoms with E-state index in [4.69, 9.17) is 9.15 Å². The van der Waals surface area contributed by atoms with E-state index in [1.165, 1.54) is 19.1 Å². The zero-order valence-corrected chi connectivity index (χ0v) is 16.7. The summed E-state index contributed by atoms with van der Waals surface area (Å²) in [7, 11) is 0. The predicted octanol–water partition coefficient (Wildman–Crippen LogP) is 2.26. The van der Waals surface area contributed by atoms with E-state index in [1.807, 2.05) is 37.3 Å².